The second-order valence-corrected chi connectivity index (χ2v) is 8.57. The number of carbonyl (C=O) groups excluding carboxylic acids is 2. The summed E-state index contributed by atoms with van der Waals surface area (Å²) in [6.07, 6.45) is 2.23. The molecule has 26 heavy (non-hydrogen) atoms. The van der Waals surface area contributed by atoms with E-state index in [1.165, 1.54) is 4.90 Å². The van der Waals surface area contributed by atoms with Crippen molar-refractivity contribution in [1.82, 2.24) is 10.2 Å². The second kappa shape index (κ2) is 8.57. The fourth-order valence-electron chi connectivity index (χ4n) is 3.47. The highest BCUT2D eigenvalue weighted by Gasteiger charge is 2.45. The molecule has 0 aliphatic carbocycles. The van der Waals surface area contributed by atoms with Crippen molar-refractivity contribution >= 4 is 12.1 Å². The van der Waals surface area contributed by atoms with Crippen molar-refractivity contribution in [2.24, 2.45) is 5.41 Å². The molecule has 1 amide bonds. The van der Waals surface area contributed by atoms with Gasteiger partial charge in [-0.05, 0) is 52.4 Å². The minimum atomic E-state index is -0.645. The van der Waals surface area contributed by atoms with Gasteiger partial charge in [0.25, 0.3) is 0 Å². The fourth-order valence-corrected chi connectivity index (χ4v) is 3.47. The third-order valence-corrected chi connectivity index (χ3v) is 5.04. The third kappa shape index (κ3) is 5.58. The lowest BCUT2D eigenvalue weighted by Crippen LogP contribution is -2.53. The Balaban J connectivity index is 2.05. The number of carbonyl (C=O) groups is 2. The van der Waals surface area contributed by atoms with Crippen LogP contribution in [0, 0.1) is 5.41 Å². The Hall–Kier alpha value is -1.34. The number of nitrogens with one attached hydrogen (secondary N) is 1. The summed E-state index contributed by atoms with van der Waals surface area (Å²) >= 11 is 0. The molecule has 0 radical (unpaired) electrons. The zero-order chi connectivity index (χ0) is 19.4. The predicted octanol–water partition coefficient (Wildman–Crippen LogP) is 2.33. The topological polar surface area (TPSA) is 77.1 Å². The quantitative estimate of drug-likeness (QED) is 0.749. The molecule has 2 atom stereocenters. The highest BCUT2D eigenvalue weighted by atomic mass is 16.6. The van der Waals surface area contributed by atoms with Crippen molar-refractivity contribution in [3.8, 4) is 0 Å². The Bertz CT molecular complexity index is 497. The van der Waals surface area contributed by atoms with Crippen molar-refractivity contribution < 1.29 is 23.8 Å². The monoisotopic (exact) mass is 370 g/mol. The van der Waals surface area contributed by atoms with Gasteiger partial charge in [0.2, 0.25) is 0 Å². The summed E-state index contributed by atoms with van der Waals surface area (Å²) in [4.78, 5) is 26.6. The lowest BCUT2D eigenvalue weighted by Gasteiger charge is -2.36. The Morgan fingerprint density at radius 3 is 2.50 bits per heavy atom. The van der Waals surface area contributed by atoms with Crippen molar-refractivity contribution in [3.63, 3.8) is 0 Å². The molecule has 2 aliphatic heterocycles. The summed E-state index contributed by atoms with van der Waals surface area (Å²) in [5.41, 5.74) is -0.450. The number of rotatable bonds is 5. The highest BCUT2D eigenvalue weighted by molar-refractivity contribution is 5.83. The van der Waals surface area contributed by atoms with E-state index in [9.17, 15) is 9.59 Å². The normalized spacial score (nSPS) is 25.8. The van der Waals surface area contributed by atoms with Crippen LogP contribution in [0.2, 0.25) is 0 Å². The third-order valence-electron chi connectivity index (χ3n) is 5.04. The largest absolute Gasteiger partial charge is 0.464 e. The highest BCUT2D eigenvalue weighted by Crippen LogP contribution is 2.30. The molecule has 0 aromatic rings. The SMILES string of the molecule is CCOC(=O)[C@@H]1[C@H](NCC2(C)CCOCC2)CCN1C(=O)OC(C)(C)C. The molecule has 0 aromatic carbocycles. The van der Waals surface area contributed by atoms with Gasteiger partial charge >= 0.3 is 12.1 Å². The number of hydrogen-bond acceptors (Lipinski definition) is 6. The minimum Gasteiger partial charge on any atom is -0.464 e. The molecular formula is C19H34N2O5. The molecule has 0 unspecified atom stereocenters. The van der Waals surface area contributed by atoms with E-state index < -0.39 is 17.7 Å². The zero-order valence-corrected chi connectivity index (χ0v) is 16.8. The van der Waals surface area contributed by atoms with E-state index in [1.807, 2.05) is 20.8 Å². The molecule has 1 N–H and O–H groups in total. The van der Waals surface area contributed by atoms with Crippen LogP contribution in [0.5, 0.6) is 0 Å². The van der Waals surface area contributed by atoms with Crippen LogP contribution in [0.25, 0.3) is 0 Å². The number of ether oxygens (including phenoxy) is 3. The molecule has 2 aliphatic rings. The smallest absolute Gasteiger partial charge is 0.411 e. The number of esters is 1. The number of nitrogens with zero attached hydrogens (tertiary/aromatic N) is 1. The fraction of sp³-hybridized carbons (Fsp3) is 0.895. The molecule has 0 saturated carbocycles. The van der Waals surface area contributed by atoms with E-state index in [1.54, 1.807) is 6.92 Å². The number of hydrogen-bond donors (Lipinski definition) is 1. The summed E-state index contributed by atoms with van der Waals surface area (Å²) in [5.74, 6) is -0.370. The molecule has 2 rings (SSSR count). The maximum absolute atomic E-state index is 12.5. The standard InChI is InChI=1S/C19H34N2O5/c1-6-25-16(22)15-14(20-13-19(5)8-11-24-12-9-19)7-10-21(15)17(23)26-18(2,3)4/h14-15,20H,6-13H2,1-5H3/t14-,15+/m1/s1. The van der Waals surface area contributed by atoms with Crippen molar-refractivity contribution in [1.29, 1.82) is 0 Å². The van der Waals surface area contributed by atoms with Crippen LogP contribution in [0.4, 0.5) is 4.79 Å². The lowest BCUT2D eigenvalue weighted by atomic mass is 9.82. The Kier molecular flexibility index (Phi) is 6.91. The first-order chi connectivity index (χ1) is 12.2. The molecule has 2 fully saturated rings. The van der Waals surface area contributed by atoms with E-state index in [4.69, 9.17) is 14.2 Å². The maximum Gasteiger partial charge on any atom is 0.411 e. The van der Waals surface area contributed by atoms with Crippen molar-refractivity contribution in [2.45, 2.75) is 71.6 Å². The first kappa shape index (κ1) is 21.0. The molecule has 0 aromatic heterocycles. The van der Waals surface area contributed by atoms with E-state index >= 15 is 0 Å². The molecule has 7 nitrogen and oxygen atoms in total. The van der Waals surface area contributed by atoms with Gasteiger partial charge < -0.3 is 19.5 Å². The minimum absolute atomic E-state index is 0.124. The van der Waals surface area contributed by atoms with E-state index in [-0.39, 0.29) is 17.4 Å². The average Bonchev–Trinajstić information content (AvgIpc) is 2.96. The molecule has 0 spiro atoms. The first-order valence-corrected chi connectivity index (χ1v) is 9.62. The van der Waals surface area contributed by atoms with Crippen LogP contribution in [0.3, 0.4) is 0 Å². The Morgan fingerprint density at radius 2 is 1.92 bits per heavy atom. The van der Waals surface area contributed by atoms with E-state index in [0.29, 0.717) is 19.6 Å². The van der Waals surface area contributed by atoms with Crippen molar-refractivity contribution in [2.75, 3.05) is 32.9 Å². The Labute approximate surface area is 156 Å². The summed E-state index contributed by atoms with van der Waals surface area (Å²) in [6, 6.07) is -0.769. The van der Waals surface area contributed by atoms with Gasteiger partial charge in [0.15, 0.2) is 0 Å². The van der Waals surface area contributed by atoms with Crippen LogP contribution in [0.1, 0.15) is 53.9 Å². The predicted molar refractivity (Wildman–Crippen MR) is 97.9 cm³/mol. The van der Waals surface area contributed by atoms with Crippen molar-refractivity contribution in [3.05, 3.63) is 0 Å². The van der Waals surface area contributed by atoms with Gasteiger partial charge in [-0.2, -0.15) is 0 Å². The summed E-state index contributed by atoms with van der Waals surface area (Å²) in [7, 11) is 0. The van der Waals surface area contributed by atoms with Crippen LogP contribution in [-0.2, 0) is 19.0 Å². The summed E-state index contributed by atoms with van der Waals surface area (Å²) in [6.45, 7) is 12.6. The lowest BCUT2D eigenvalue weighted by molar-refractivity contribution is -0.149. The maximum atomic E-state index is 12.5. The van der Waals surface area contributed by atoms with E-state index in [2.05, 4.69) is 12.2 Å². The van der Waals surface area contributed by atoms with Gasteiger partial charge in [-0.15, -0.1) is 0 Å². The van der Waals surface area contributed by atoms with Gasteiger partial charge in [-0.3, -0.25) is 4.90 Å². The number of amides is 1. The Morgan fingerprint density at radius 1 is 1.27 bits per heavy atom. The summed E-state index contributed by atoms with van der Waals surface area (Å²) in [5, 5.41) is 3.52. The molecule has 2 heterocycles. The molecular weight excluding hydrogens is 336 g/mol. The molecule has 2 saturated heterocycles. The van der Waals surface area contributed by atoms with Gasteiger partial charge in [0, 0.05) is 32.3 Å². The van der Waals surface area contributed by atoms with Gasteiger partial charge in [0.05, 0.1) is 6.61 Å². The average molecular weight is 370 g/mol. The molecule has 7 heteroatoms. The molecule has 150 valence electrons. The van der Waals surface area contributed by atoms with Gasteiger partial charge in [-0.25, -0.2) is 9.59 Å². The summed E-state index contributed by atoms with van der Waals surface area (Å²) < 4.78 is 16.2. The number of likely N-dealkylation sites (tertiary alicyclic amines) is 1. The van der Waals surface area contributed by atoms with Crippen LogP contribution >= 0.6 is 0 Å². The van der Waals surface area contributed by atoms with Gasteiger partial charge in [-0.1, -0.05) is 6.92 Å². The van der Waals surface area contributed by atoms with E-state index in [0.717, 1.165) is 32.6 Å². The second-order valence-electron chi connectivity index (χ2n) is 8.57. The zero-order valence-electron chi connectivity index (χ0n) is 16.8. The molecule has 0 bridgehead atoms. The van der Waals surface area contributed by atoms with Crippen LogP contribution < -0.4 is 5.32 Å². The van der Waals surface area contributed by atoms with Crippen LogP contribution in [-0.4, -0.2) is 67.6 Å². The first-order valence-electron chi connectivity index (χ1n) is 9.62. The van der Waals surface area contributed by atoms with Gasteiger partial charge in [0.1, 0.15) is 11.6 Å². The van der Waals surface area contributed by atoms with Crippen LogP contribution in [0.15, 0.2) is 0 Å².